The third-order valence-electron chi connectivity index (χ3n) is 4.91. The molecule has 0 aliphatic carbocycles. The average molecular weight is 372 g/mol. The first-order valence-electron chi connectivity index (χ1n) is 8.69. The lowest BCUT2D eigenvalue weighted by atomic mass is 9.92. The molecule has 142 valence electrons. The number of piperidine rings is 1. The second-order valence-electron chi connectivity index (χ2n) is 6.97. The molecule has 0 aromatic heterocycles. The van der Waals surface area contributed by atoms with Crippen molar-refractivity contribution in [2.45, 2.75) is 32.7 Å². The molecule has 9 nitrogen and oxygen atoms in total. The van der Waals surface area contributed by atoms with Crippen molar-refractivity contribution in [3.63, 3.8) is 0 Å². The molecule has 4 amide bonds. The molecule has 27 heavy (non-hydrogen) atoms. The lowest BCUT2D eigenvalue weighted by Crippen LogP contribution is -2.51. The number of nitrogens with one attached hydrogen (secondary N) is 2. The van der Waals surface area contributed by atoms with Crippen LogP contribution in [0.15, 0.2) is 23.8 Å². The van der Waals surface area contributed by atoms with Gasteiger partial charge in [-0.05, 0) is 37.8 Å². The highest BCUT2D eigenvalue weighted by molar-refractivity contribution is 6.31. The number of anilines is 1. The SMILES string of the molecule is CC1CCN(c2ccc([N+](=O)[O-])cc2C=C2C(=O)NC(=O)NC2=O)C(C)C1. The van der Waals surface area contributed by atoms with Crippen LogP contribution in [0.4, 0.5) is 16.2 Å². The topological polar surface area (TPSA) is 122 Å². The van der Waals surface area contributed by atoms with Gasteiger partial charge in [0, 0.05) is 36.0 Å². The van der Waals surface area contributed by atoms with E-state index in [0.29, 0.717) is 17.2 Å². The zero-order valence-corrected chi connectivity index (χ0v) is 15.0. The molecule has 0 radical (unpaired) electrons. The van der Waals surface area contributed by atoms with Gasteiger partial charge in [0.1, 0.15) is 5.57 Å². The van der Waals surface area contributed by atoms with Crippen LogP contribution in [0.25, 0.3) is 6.08 Å². The molecule has 2 heterocycles. The summed E-state index contributed by atoms with van der Waals surface area (Å²) in [6.07, 6.45) is 3.25. The average Bonchev–Trinajstić information content (AvgIpc) is 2.58. The lowest BCUT2D eigenvalue weighted by Gasteiger charge is -2.39. The van der Waals surface area contributed by atoms with Gasteiger partial charge in [-0.1, -0.05) is 6.92 Å². The summed E-state index contributed by atoms with van der Waals surface area (Å²) >= 11 is 0. The Balaban J connectivity index is 2.06. The number of nitrogens with zero attached hydrogens (tertiary/aromatic N) is 2. The number of rotatable bonds is 3. The van der Waals surface area contributed by atoms with Crippen LogP contribution in [0.2, 0.25) is 0 Å². The van der Waals surface area contributed by atoms with Crippen molar-refractivity contribution < 1.29 is 19.3 Å². The Kier molecular flexibility index (Phi) is 4.93. The van der Waals surface area contributed by atoms with Gasteiger partial charge in [0.15, 0.2) is 0 Å². The molecule has 2 fully saturated rings. The molecule has 2 N–H and O–H groups in total. The van der Waals surface area contributed by atoms with Crippen LogP contribution in [0.5, 0.6) is 0 Å². The van der Waals surface area contributed by atoms with Crippen LogP contribution in [0.3, 0.4) is 0 Å². The van der Waals surface area contributed by atoms with Gasteiger partial charge in [-0.2, -0.15) is 0 Å². The summed E-state index contributed by atoms with van der Waals surface area (Å²) < 4.78 is 0. The fourth-order valence-corrected chi connectivity index (χ4v) is 3.56. The summed E-state index contributed by atoms with van der Waals surface area (Å²) in [4.78, 5) is 48.0. The van der Waals surface area contributed by atoms with Crippen molar-refractivity contribution in [2.24, 2.45) is 5.92 Å². The van der Waals surface area contributed by atoms with E-state index in [1.807, 2.05) is 10.6 Å². The predicted octanol–water partition coefficient (Wildman–Crippen LogP) is 1.97. The number of imide groups is 2. The van der Waals surface area contributed by atoms with E-state index in [9.17, 15) is 24.5 Å². The summed E-state index contributed by atoms with van der Waals surface area (Å²) in [7, 11) is 0. The minimum absolute atomic E-state index is 0.142. The first kappa shape index (κ1) is 18.6. The maximum absolute atomic E-state index is 12.0. The number of non-ortho nitro benzene ring substituents is 1. The summed E-state index contributed by atoms with van der Waals surface area (Å²) in [5.74, 6) is -1.08. The van der Waals surface area contributed by atoms with Crippen molar-refractivity contribution in [2.75, 3.05) is 11.4 Å². The van der Waals surface area contributed by atoms with Crippen molar-refractivity contribution >= 4 is 35.3 Å². The standard InChI is InChI=1S/C18H20N4O5/c1-10-5-6-21(11(2)7-10)15-4-3-13(22(26)27)8-12(15)9-14-16(23)19-18(25)20-17(14)24/h3-4,8-11H,5-7H2,1-2H3,(H2,19,20,23,24,25). The third-order valence-corrected chi connectivity index (χ3v) is 4.91. The lowest BCUT2D eigenvalue weighted by molar-refractivity contribution is -0.384. The molecule has 2 atom stereocenters. The summed E-state index contributed by atoms with van der Waals surface area (Å²) in [5.41, 5.74) is 0.691. The Morgan fingerprint density at radius 2 is 1.85 bits per heavy atom. The second-order valence-corrected chi connectivity index (χ2v) is 6.97. The molecule has 3 rings (SSSR count). The number of hydrogen-bond acceptors (Lipinski definition) is 6. The summed E-state index contributed by atoms with van der Waals surface area (Å²) in [5, 5.41) is 15.2. The van der Waals surface area contributed by atoms with E-state index in [0.717, 1.165) is 19.4 Å². The molecule has 2 saturated heterocycles. The largest absolute Gasteiger partial charge is 0.368 e. The van der Waals surface area contributed by atoms with Gasteiger partial charge in [0.2, 0.25) is 0 Å². The number of hydrogen-bond donors (Lipinski definition) is 2. The normalized spacial score (nSPS) is 23.0. The van der Waals surface area contributed by atoms with E-state index in [1.54, 1.807) is 6.07 Å². The van der Waals surface area contributed by atoms with Crippen LogP contribution in [0.1, 0.15) is 32.3 Å². The number of benzene rings is 1. The van der Waals surface area contributed by atoms with Crippen LogP contribution >= 0.6 is 0 Å². The first-order valence-corrected chi connectivity index (χ1v) is 8.69. The number of nitro benzene ring substituents is 1. The van der Waals surface area contributed by atoms with Gasteiger partial charge in [-0.25, -0.2) is 4.79 Å². The van der Waals surface area contributed by atoms with E-state index < -0.39 is 22.8 Å². The number of carbonyl (C=O) groups excluding carboxylic acids is 3. The Labute approximate surface area is 155 Å². The van der Waals surface area contributed by atoms with E-state index in [-0.39, 0.29) is 17.3 Å². The zero-order chi connectivity index (χ0) is 19.7. The van der Waals surface area contributed by atoms with Gasteiger partial charge >= 0.3 is 6.03 Å². The fourth-order valence-electron chi connectivity index (χ4n) is 3.56. The second kappa shape index (κ2) is 7.18. The van der Waals surface area contributed by atoms with E-state index in [4.69, 9.17) is 0 Å². The van der Waals surface area contributed by atoms with Crippen molar-refractivity contribution in [3.05, 3.63) is 39.4 Å². The maximum atomic E-state index is 12.0. The number of urea groups is 1. The third kappa shape index (κ3) is 3.81. The molecule has 2 aliphatic rings. The van der Waals surface area contributed by atoms with E-state index >= 15 is 0 Å². The zero-order valence-electron chi connectivity index (χ0n) is 15.0. The summed E-state index contributed by atoms with van der Waals surface area (Å²) in [6, 6.07) is 3.71. The van der Waals surface area contributed by atoms with E-state index in [1.165, 1.54) is 18.2 Å². The highest BCUT2D eigenvalue weighted by Crippen LogP contribution is 2.33. The number of nitro groups is 1. The Morgan fingerprint density at radius 1 is 1.19 bits per heavy atom. The number of carbonyl (C=O) groups is 3. The molecule has 1 aromatic carbocycles. The Bertz CT molecular complexity index is 841. The highest BCUT2D eigenvalue weighted by atomic mass is 16.6. The van der Waals surface area contributed by atoms with Gasteiger partial charge in [0.25, 0.3) is 17.5 Å². The molecule has 2 unspecified atom stereocenters. The Morgan fingerprint density at radius 3 is 2.44 bits per heavy atom. The van der Waals surface area contributed by atoms with Gasteiger partial charge in [-0.15, -0.1) is 0 Å². The minimum Gasteiger partial charge on any atom is -0.368 e. The molecular weight excluding hydrogens is 352 g/mol. The van der Waals surface area contributed by atoms with Crippen LogP contribution < -0.4 is 15.5 Å². The number of amides is 4. The molecule has 2 aliphatic heterocycles. The van der Waals surface area contributed by atoms with Gasteiger partial charge in [0.05, 0.1) is 4.92 Å². The van der Waals surface area contributed by atoms with Gasteiger partial charge in [-0.3, -0.25) is 30.3 Å². The van der Waals surface area contributed by atoms with Crippen LogP contribution in [0, 0.1) is 16.0 Å². The molecule has 9 heteroatoms. The molecule has 0 saturated carbocycles. The molecule has 1 aromatic rings. The molecule has 0 spiro atoms. The molecular formula is C18H20N4O5. The van der Waals surface area contributed by atoms with Gasteiger partial charge < -0.3 is 4.90 Å². The van der Waals surface area contributed by atoms with E-state index in [2.05, 4.69) is 18.7 Å². The van der Waals surface area contributed by atoms with Crippen LogP contribution in [-0.4, -0.2) is 35.4 Å². The predicted molar refractivity (Wildman–Crippen MR) is 98.0 cm³/mol. The fraction of sp³-hybridized carbons (Fsp3) is 0.389. The van der Waals surface area contributed by atoms with Crippen molar-refractivity contribution in [3.8, 4) is 0 Å². The first-order chi connectivity index (χ1) is 12.8. The summed E-state index contributed by atoms with van der Waals surface area (Å²) in [6.45, 7) is 5.03. The minimum atomic E-state index is -0.889. The highest BCUT2D eigenvalue weighted by Gasteiger charge is 2.30. The Hall–Kier alpha value is -3.23. The molecule has 0 bridgehead atoms. The smallest absolute Gasteiger partial charge is 0.328 e. The maximum Gasteiger partial charge on any atom is 0.328 e. The van der Waals surface area contributed by atoms with Crippen molar-refractivity contribution in [1.29, 1.82) is 0 Å². The number of barbiturate groups is 1. The monoisotopic (exact) mass is 372 g/mol. The quantitative estimate of drug-likeness (QED) is 0.362. The van der Waals surface area contributed by atoms with Crippen molar-refractivity contribution in [1.82, 2.24) is 10.6 Å². The van der Waals surface area contributed by atoms with Crippen LogP contribution in [-0.2, 0) is 9.59 Å².